The molecule has 180 valence electrons. The highest BCUT2D eigenvalue weighted by Crippen LogP contribution is 2.27. The van der Waals surface area contributed by atoms with Crippen LogP contribution in [0.15, 0.2) is 48.5 Å². The first-order chi connectivity index (χ1) is 15.4. The van der Waals surface area contributed by atoms with Crippen LogP contribution >= 0.6 is 11.6 Å². The van der Waals surface area contributed by atoms with E-state index in [-0.39, 0.29) is 29.2 Å². The number of carbonyl (C=O) groups is 2. The van der Waals surface area contributed by atoms with Gasteiger partial charge in [-0.3, -0.25) is 13.9 Å². The minimum atomic E-state index is -3.82. The van der Waals surface area contributed by atoms with Gasteiger partial charge in [0, 0.05) is 12.6 Å². The SMILES string of the molecule is CC[C@H](C)NC(=O)[C@H](C)N(Cc1cccc(C)c1)C(=O)CN(c1ccccc1Cl)S(C)(=O)=O. The normalized spacial score (nSPS) is 13.2. The van der Waals surface area contributed by atoms with Crippen LogP contribution < -0.4 is 9.62 Å². The van der Waals surface area contributed by atoms with Crippen LogP contribution in [0, 0.1) is 6.92 Å². The highest BCUT2D eigenvalue weighted by Gasteiger charge is 2.31. The average Bonchev–Trinajstić information content (AvgIpc) is 2.75. The Morgan fingerprint density at radius 1 is 1.09 bits per heavy atom. The summed E-state index contributed by atoms with van der Waals surface area (Å²) in [6.07, 6.45) is 1.77. The second-order valence-electron chi connectivity index (χ2n) is 8.23. The Hall–Kier alpha value is -2.58. The van der Waals surface area contributed by atoms with Gasteiger partial charge in [0.25, 0.3) is 0 Å². The number of carbonyl (C=O) groups excluding carboxylic acids is 2. The molecule has 2 amide bonds. The molecule has 2 aromatic carbocycles. The number of halogens is 1. The molecular formula is C24H32ClN3O4S. The molecule has 0 bridgehead atoms. The fourth-order valence-electron chi connectivity index (χ4n) is 3.30. The lowest BCUT2D eigenvalue weighted by molar-refractivity contribution is -0.139. The number of rotatable bonds is 10. The van der Waals surface area contributed by atoms with Gasteiger partial charge in [-0.2, -0.15) is 0 Å². The first-order valence-electron chi connectivity index (χ1n) is 10.8. The Morgan fingerprint density at radius 3 is 2.33 bits per heavy atom. The van der Waals surface area contributed by atoms with Crippen molar-refractivity contribution in [1.82, 2.24) is 10.2 Å². The van der Waals surface area contributed by atoms with Crippen LogP contribution in [-0.2, 0) is 26.2 Å². The molecule has 33 heavy (non-hydrogen) atoms. The number of benzene rings is 2. The van der Waals surface area contributed by atoms with Gasteiger partial charge < -0.3 is 10.2 Å². The molecule has 2 rings (SSSR count). The lowest BCUT2D eigenvalue weighted by Gasteiger charge is -2.32. The third-order valence-electron chi connectivity index (χ3n) is 5.40. The molecule has 0 radical (unpaired) electrons. The maximum absolute atomic E-state index is 13.5. The van der Waals surface area contributed by atoms with Gasteiger partial charge in [0.05, 0.1) is 17.0 Å². The Morgan fingerprint density at radius 2 is 1.76 bits per heavy atom. The summed E-state index contributed by atoms with van der Waals surface area (Å²) in [6, 6.07) is 13.2. The number of para-hydroxylation sites is 1. The van der Waals surface area contributed by atoms with Crippen LogP contribution in [0.1, 0.15) is 38.3 Å². The van der Waals surface area contributed by atoms with Gasteiger partial charge in [-0.25, -0.2) is 8.42 Å². The van der Waals surface area contributed by atoms with Crippen LogP contribution in [0.25, 0.3) is 0 Å². The largest absolute Gasteiger partial charge is 0.352 e. The van der Waals surface area contributed by atoms with Gasteiger partial charge in [0.2, 0.25) is 21.8 Å². The molecule has 0 spiro atoms. The topological polar surface area (TPSA) is 86.8 Å². The maximum Gasteiger partial charge on any atom is 0.244 e. The van der Waals surface area contributed by atoms with Gasteiger partial charge in [-0.05, 0) is 44.9 Å². The zero-order valence-corrected chi connectivity index (χ0v) is 21.3. The zero-order valence-electron chi connectivity index (χ0n) is 19.7. The van der Waals surface area contributed by atoms with Gasteiger partial charge in [0.1, 0.15) is 12.6 Å². The van der Waals surface area contributed by atoms with Crippen molar-refractivity contribution in [3.05, 3.63) is 64.7 Å². The molecule has 2 aromatic rings. The molecule has 2 atom stereocenters. The van der Waals surface area contributed by atoms with E-state index in [0.717, 1.165) is 28.1 Å². The molecule has 1 N–H and O–H groups in total. The highest BCUT2D eigenvalue weighted by atomic mass is 35.5. The second kappa shape index (κ2) is 11.5. The first-order valence-corrected chi connectivity index (χ1v) is 13.0. The fourth-order valence-corrected chi connectivity index (χ4v) is 4.45. The van der Waals surface area contributed by atoms with E-state index >= 15 is 0 Å². The number of hydrogen-bond donors (Lipinski definition) is 1. The lowest BCUT2D eigenvalue weighted by Crippen LogP contribution is -2.52. The summed E-state index contributed by atoms with van der Waals surface area (Å²) in [7, 11) is -3.82. The fraction of sp³-hybridized carbons (Fsp3) is 0.417. The predicted molar refractivity (Wildman–Crippen MR) is 133 cm³/mol. The van der Waals surface area contributed by atoms with Crippen molar-refractivity contribution in [2.24, 2.45) is 0 Å². The van der Waals surface area contributed by atoms with Crippen LogP contribution in [0.4, 0.5) is 5.69 Å². The quantitative estimate of drug-likeness (QED) is 0.546. The summed E-state index contributed by atoms with van der Waals surface area (Å²) in [5.41, 5.74) is 2.07. The summed E-state index contributed by atoms with van der Waals surface area (Å²) in [4.78, 5) is 27.7. The van der Waals surface area contributed by atoms with Crippen LogP contribution in [0.3, 0.4) is 0 Å². The van der Waals surface area contributed by atoms with Crippen molar-refractivity contribution in [3.63, 3.8) is 0 Å². The van der Waals surface area contributed by atoms with Crippen LogP contribution in [-0.4, -0.2) is 50.0 Å². The summed E-state index contributed by atoms with van der Waals surface area (Å²) in [5.74, 6) is -0.803. The van der Waals surface area contributed by atoms with E-state index in [2.05, 4.69) is 5.32 Å². The smallest absolute Gasteiger partial charge is 0.244 e. The Balaban J connectivity index is 2.40. The molecule has 0 heterocycles. The van der Waals surface area contributed by atoms with E-state index in [0.29, 0.717) is 0 Å². The molecule has 9 heteroatoms. The second-order valence-corrected chi connectivity index (χ2v) is 10.5. The van der Waals surface area contributed by atoms with Gasteiger partial charge >= 0.3 is 0 Å². The van der Waals surface area contributed by atoms with Crippen molar-refractivity contribution in [2.45, 2.75) is 52.7 Å². The number of aryl methyl sites for hydroxylation is 1. The number of nitrogens with one attached hydrogen (secondary N) is 1. The number of nitrogens with zero attached hydrogens (tertiary/aromatic N) is 2. The number of hydrogen-bond acceptors (Lipinski definition) is 4. The Labute approximate surface area is 201 Å². The van der Waals surface area contributed by atoms with Gasteiger partial charge in [0.15, 0.2) is 0 Å². The van der Waals surface area contributed by atoms with E-state index < -0.39 is 28.5 Å². The van der Waals surface area contributed by atoms with Crippen molar-refractivity contribution >= 4 is 39.1 Å². The Bertz CT molecular complexity index is 1090. The molecule has 0 unspecified atom stereocenters. The van der Waals surface area contributed by atoms with Gasteiger partial charge in [-0.1, -0.05) is 60.5 Å². The van der Waals surface area contributed by atoms with E-state index in [1.54, 1.807) is 31.2 Å². The Kier molecular flexibility index (Phi) is 9.31. The van der Waals surface area contributed by atoms with Crippen molar-refractivity contribution in [3.8, 4) is 0 Å². The van der Waals surface area contributed by atoms with E-state index in [4.69, 9.17) is 11.6 Å². The minimum absolute atomic E-state index is 0.0495. The number of sulfonamides is 1. The molecule has 0 aliphatic heterocycles. The van der Waals surface area contributed by atoms with E-state index in [1.165, 1.54) is 4.90 Å². The zero-order chi connectivity index (χ0) is 24.8. The molecule has 0 aliphatic carbocycles. The third kappa shape index (κ3) is 7.47. The minimum Gasteiger partial charge on any atom is -0.352 e. The van der Waals surface area contributed by atoms with Crippen LogP contribution in [0.5, 0.6) is 0 Å². The molecule has 0 saturated heterocycles. The monoisotopic (exact) mass is 493 g/mol. The standard InChI is InChI=1S/C24H32ClN3O4S/c1-6-18(3)26-24(30)19(4)27(15-20-11-9-10-17(2)14-20)23(29)16-28(33(5,31)32)22-13-8-7-12-21(22)25/h7-14,18-19H,6,15-16H2,1-5H3,(H,26,30)/t18-,19-/m0/s1. The summed E-state index contributed by atoms with van der Waals surface area (Å²) >= 11 is 6.23. The first kappa shape index (κ1) is 26.7. The number of anilines is 1. The van der Waals surface area contributed by atoms with E-state index in [9.17, 15) is 18.0 Å². The number of amides is 2. The molecule has 0 fully saturated rings. The van der Waals surface area contributed by atoms with Crippen LogP contribution in [0.2, 0.25) is 5.02 Å². The lowest BCUT2D eigenvalue weighted by atomic mass is 10.1. The maximum atomic E-state index is 13.5. The summed E-state index contributed by atoms with van der Waals surface area (Å²) in [6.45, 7) is 7.12. The third-order valence-corrected chi connectivity index (χ3v) is 6.85. The molecular weight excluding hydrogens is 462 g/mol. The summed E-state index contributed by atoms with van der Waals surface area (Å²) < 4.78 is 26.1. The molecule has 0 aliphatic rings. The molecule has 0 saturated carbocycles. The summed E-state index contributed by atoms with van der Waals surface area (Å²) in [5, 5.41) is 3.11. The predicted octanol–water partition coefficient (Wildman–Crippen LogP) is 3.75. The molecule has 0 aromatic heterocycles. The van der Waals surface area contributed by atoms with Crippen molar-refractivity contribution < 1.29 is 18.0 Å². The highest BCUT2D eigenvalue weighted by molar-refractivity contribution is 7.92. The van der Waals surface area contributed by atoms with Crippen molar-refractivity contribution in [2.75, 3.05) is 17.1 Å². The van der Waals surface area contributed by atoms with Crippen molar-refractivity contribution in [1.29, 1.82) is 0 Å². The molecule has 7 nitrogen and oxygen atoms in total. The van der Waals surface area contributed by atoms with E-state index in [1.807, 2.05) is 45.0 Å². The van der Waals surface area contributed by atoms with Gasteiger partial charge in [-0.15, -0.1) is 0 Å². The average molecular weight is 494 g/mol.